The van der Waals surface area contributed by atoms with Crippen LogP contribution in [-0.2, 0) is 6.42 Å². The molecule has 1 aromatic heterocycles. The molecule has 3 rings (SSSR count). The predicted octanol–water partition coefficient (Wildman–Crippen LogP) is 3.11. The molecule has 2 heteroatoms. The van der Waals surface area contributed by atoms with Gasteiger partial charge in [-0.3, -0.25) is 0 Å². The number of rotatable bonds is 2. The second-order valence-corrected chi connectivity index (χ2v) is 4.59. The lowest BCUT2D eigenvalue weighted by atomic mass is 10.00. The number of aryl methyl sites for hydroxylation is 1. The average Bonchev–Trinajstić information content (AvgIpc) is 2.83. The van der Waals surface area contributed by atoms with Crippen LogP contribution in [-0.4, -0.2) is 18.1 Å². The summed E-state index contributed by atoms with van der Waals surface area (Å²) in [6.07, 6.45) is 6.73. The molecule has 88 valence electrons. The molecule has 0 bridgehead atoms. The number of benzene rings is 1. The number of hydrogen-bond donors (Lipinski definition) is 2. The third-order valence-electron chi connectivity index (χ3n) is 3.56. The van der Waals surface area contributed by atoms with Crippen LogP contribution < -0.4 is 5.32 Å². The first kappa shape index (κ1) is 10.6. The van der Waals surface area contributed by atoms with E-state index in [9.17, 15) is 0 Å². The second-order valence-electron chi connectivity index (χ2n) is 4.59. The van der Waals surface area contributed by atoms with Gasteiger partial charge in [-0.05, 0) is 30.5 Å². The zero-order valence-electron chi connectivity index (χ0n) is 10.2. The Balaban J connectivity index is 2.15. The van der Waals surface area contributed by atoms with Crippen LogP contribution in [0.3, 0.4) is 0 Å². The van der Waals surface area contributed by atoms with Gasteiger partial charge in [0.1, 0.15) is 0 Å². The van der Waals surface area contributed by atoms with Gasteiger partial charge in [0.05, 0.1) is 0 Å². The fraction of sp³-hybridized carbons (Fsp3) is 0.333. The van der Waals surface area contributed by atoms with E-state index in [1.165, 1.54) is 27.6 Å². The van der Waals surface area contributed by atoms with Gasteiger partial charge in [-0.25, -0.2) is 0 Å². The molecular weight excluding hydrogens is 208 g/mol. The van der Waals surface area contributed by atoms with Crippen LogP contribution >= 0.6 is 0 Å². The van der Waals surface area contributed by atoms with E-state index in [1.54, 1.807) is 0 Å². The van der Waals surface area contributed by atoms with E-state index in [2.05, 4.69) is 47.7 Å². The fourth-order valence-electron chi connectivity index (χ4n) is 2.63. The zero-order chi connectivity index (χ0) is 11.7. The Kier molecular flexibility index (Phi) is 2.73. The lowest BCUT2D eigenvalue weighted by Gasteiger charge is -2.13. The summed E-state index contributed by atoms with van der Waals surface area (Å²) in [5.74, 6) is 0. The fourth-order valence-corrected chi connectivity index (χ4v) is 2.63. The van der Waals surface area contributed by atoms with E-state index in [0.717, 1.165) is 25.9 Å². The minimum atomic E-state index is 0.989. The minimum Gasteiger partial charge on any atom is -0.360 e. The highest BCUT2D eigenvalue weighted by Gasteiger charge is 2.11. The van der Waals surface area contributed by atoms with Gasteiger partial charge in [0.15, 0.2) is 0 Å². The normalized spacial score (nSPS) is 16.2. The first-order valence-electron chi connectivity index (χ1n) is 6.39. The third kappa shape index (κ3) is 1.79. The molecule has 0 atom stereocenters. The number of aromatic nitrogens is 1. The molecule has 0 amide bonds. The van der Waals surface area contributed by atoms with Crippen LogP contribution in [0.4, 0.5) is 0 Å². The summed E-state index contributed by atoms with van der Waals surface area (Å²) in [6.45, 7) is 4.30. The van der Waals surface area contributed by atoms with E-state index < -0.39 is 0 Å². The first-order valence-corrected chi connectivity index (χ1v) is 6.39. The van der Waals surface area contributed by atoms with E-state index in [4.69, 9.17) is 0 Å². The van der Waals surface area contributed by atoms with Crippen LogP contribution in [0.2, 0.25) is 0 Å². The summed E-state index contributed by atoms with van der Waals surface area (Å²) in [5, 5.41) is 4.79. The van der Waals surface area contributed by atoms with E-state index in [0.29, 0.717) is 0 Å². The summed E-state index contributed by atoms with van der Waals surface area (Å²) < 4.78 is 0. The number of aromatic amines is 1. The van der Waals surface area contributed by atoms with Crippen molar-refractivity contribution >= 4 is 16.5 Å². The molecule has 2 heterocycles. The van der Waals surface area contributed by atoms with E-state index in [-0.39, 0.29) is 0 Å². The van der Waals surface area contributed by atoms with E-state index in [1.807, 2.05) is 0 Å². The summed E-state index contributed by atoms with van der Waals surface area (Å²) in [7, 11) is 0. The predicted molar refractivity (Wildman–Crippen MR) is 73.1 cm³/mol. The van der Waals surface area contributed by atoms with Gasteiger partial charge in [0.25, 0.3) is 0 Å². The van der Waals surface area contributed by atoms with Crippen LogP contribution in [0.15, 0.2) is 30.5 Å². The van der Waals surface area contributed by atoms with Crippen molar-refractivity contribution in [2.45, 2.75) is 19.8 Å². The van der Waals surface area contributed by atoms with Crippen molar-refractivity contribution in [1.82, 2.24) is 10.3 Å². The third-order valence-corrected chi connectivity index (χ3v) is 3.56. The highest BCUT2D eigenvalue weighted by molar-refractivity contribution is 5.94. The summed E-state index contributed by atoms with van der Waals surface area (Å²) in [4.78, 5) is 3.44. The van der Waals surface area contributed by atoms with Crippen LogP contribution in [0, 0.1) is 0 Å². The van der Waals surface area contributed by atoms with Gasteiger partial charge in [0, 0.05) is 29.2 Å². The molecule has 2 nitrogen and oxygen atoms in total. The van der Waals surface area contributed by atoms with Gasteiger partial charge in [-0.2, -0.15) is 0 Å². The number of hydrogen-bond acceptors (Lipinski definition) is 1. The van der Waals surface area contributed by atoms with Gasteiger partial charge in [-0.15, -0.1) is 0 Å². The molecule has 2 aromatic rings. The van der Waals surface area contributed by atoms with Crippen molar-refractivity contribution in [1.29, 1.82) is 0 Å². The van der Waals surface area contributed by atoms with Crippen molar-refractivity contribution in [2.24, 2.45) is 0 Å². The molecule has 0 spiro atoms. The summed E-state index contributed by atoms with van der Waals surface area (Å²) in [6, 6.07) is 6.58. The quantitative estimate of drug-likeness (QED) is 0.809. The number of para-hydroxylation sites is 1. The van der Waals surface area contributed by atoms with Gasteiger partial charge in [-0.1, -0.05) is 31.2 Å². The maximum Gasteiger partial charge on any atom is 0.0492 e. The minimum absolute atomic E-state index is 0.989. The monoisotopic (exact) mass is 226 g/mol. The molecule has 0 saturated heterocycles. The summed E-state index contributed by atoms with van der Waals surface area (Å²) in [5.41, 5.74) is 5.49. The molecule has 1 aliphatic heterocycles. The molecule has 0 aliphatic carbocycles. The van der Waals surface area contributed by atoms with Gasteiger partial charge < -0.3 is 10.3 Å². The van der Waals surface area contributed by atoms with Crippen molar-refractivity contribution in [3.63, 3.8) is 0 Å². The maximum atomic E-state index is 3.44. The smallest absolute Gasteiger partial charge is 0.0492 e. The lowest BCUT2D eigenvalue weighted by Crippen LogP contribution is -2.21. The molecule has 0 radical (unpaired) electrons. The Hall–Kier alpha value is -1.54. The highest BCUT2D eigenvalue weighted by Crippen LogP contribution is 2.28. The molecule has 0 fully saturated rings. The largest absolute Gasteiger partial charge is 0.360 e. The SMILES string of the molecule is CCc1cccc2c(C3=CCCNC3)c[nH]c12. The molecule has 1 aromatic carbocycles. The number of nitrogens with one attached hydrogen (secondary N) is 2. The molecule has 2 N–H and O–H groups in total. The standard InChI is InChI=1S/C15H18N2/c1-2-11-5-3-7-13-14(10-17-15(11)13)12-6-4-8-16-9-12/h3,5-7,10,16-17H,2,4,8-9H2,1H3. The topological polar surface area (TPSA) is 27.8 Å². The van der Waals surface area contributed by atoms with Crippen LogP contribution in [0.5, 0.6) is 0 Å². The molecular formula is C15H18N2. The number of fused-ring (bicyclic) bond motifs is 1. The van der Waals surface area contributed by atoms with Gasteiger partial charge in [0.2, 0.25) is 0 Å². The highest BCUT2D eigenvalue weighted by atomic mass is 14.9. The number of H-pyrrole nitrogens is 1. The van der Waals surface area contributed by atoms with Crippen molar-refractivity contribution in [3.05, 3.63) is 41.6 Å². The Morgan fingerprint density at radius 1 is 1.29 bits per heavy atom. The second kappa shape index (κ2) is 4.38. The Morgan fingerprint density at radius 2 is 2.24 bits per heavy atom. The molecule has 0 unspecified atom stereocenters. The first-order chi connectivity index (χ1) is 8.40. The van der Waals surface area contributed by atoms with Crippen LogP contribution in [0.25, 0.3) is 16.5 Å². The Morgan fingerprint density at radius 3 is 3.00 bits per heavy atom. The van der Waals surface area contributed by atoms with Gasteiger partial charge >= 0.3 is 0 Å². The maximum absolute atomic E-state index is 3.44. The molecule has 1 aliphatic rings. The van der Waals surface area contributed by atoms with Crippen molar-refractivity contribution in [2.75, 3.05) is 13.1 Å². The van der Waals surface area contributed by atoms with Crippen molar-refractivity contribution in [3.8, 4) is 0 Å². The molecule has 17 heavy (non-hydrogen) atoms. The molecule has 0 saturated carbocycles. The zero-order valence-corrected chi connectivity index (χ0v) is 10.2. The van der Waals surface area contributed by atoms with Crippen molar-refractivity contribution < 1.29 is 0 Å². The van der Waals surface area contributed by atoms with E-state index >= 15 is 0 Å². The Bertz CT molecular complexity index is 563. The Labute approximate surface area is 102 Å². The van der Waals surface area contributed by atoms with Crippen LogP contribution in [0.1, 0.15) is 24.5 Å². The average molecular weight is 226 g/mol. The summed E-state index contributed by atoms with van der Waals surface area (Å²) >= 11 is 0. The lowest BCUT2D eigenvalue weighted by molar-refractivity contribution is 0.739.